The molecule has 4 aliphatic heterocycles. The van der Waals surface area contributed by atoms with Gasteiger partial charge in [-0.05, 0) is 225 Å². The minimum absolute atomic E-state index is 0.0523. The summed E-state index contributed by atoms with van der Waals surface area (Å²) >= 11 is 0. The van der Waals surface area contributed by atoms with Crippen LogP contribution in [0.3, 0.4) is 0 Å². The molecule has 10 aromatic rings. The summed E-state index contributed by atoms with van der Waals surface area (Å²) in [6.07, 6.45) is 7.11. The van der Waals surface area contributed by atoms with Gasteiger partial charge in [0.1, 0.15) is 34.5 Å². The van der Waals surface area contributed by atoms with Crippen LogP contribution in [0.4, 0.5) is 0 Å². The number of rotatable bonds is 4. The SMILES string of the molecule is CC1(C)CC23CC(C)(C)c4ccc(-c5ccccc5)c(c42)OP(=O)(O)Oc2c(-c4ccccc4)ccc1c23.CC1(C)CC23CC(C)(C)c4cccc(c42)OP(=O)(O)Oc2cccc1c23.COc1c(C)cc2c3c1OP(=O)(O)Oc1c(OC)c(C)cc4c1C3(CC2(C)C)CC4(C)C.Cc1cc2c3c(c1)C(C)(C)CC31CC(C)(C)c3cc(C)cc(c31)OP(=O)(O)O2. The molecule has 0 atom stereocenters. The normalized spacial score (nSPS) is 23.2. The Balaban J connectivity index is 0.000000110. The van der Waals surface area contributed by atoms with Crippen molar-refractivity contribution in [3.8, 4) is 79.7 Å². The molecule has 10 aromatic carbocycles. The van der Waals surface area contributed by atoms with E-state index in [2.05, 4.69) is 159 Å². The molecule has 22 rings (SSSR count). The second kappa shape index (κ2) is 26.8. The molecule has 0 bridgehead atoms. The van der Waals surface area contributed by atoms with Crippen molar-refractivity contribution >= 4 is 31.3 Å². The topological polar surface area (TPSA) is 241 Å². The van der Waals surface area contributed by atoms with Gasteiger partial charge in [0, 0.05) is 77.3 Å². The van der Waals surface area contributed by atoms with E-state index < -0.39 is 42.1 Å². The van der Waals surface area contributed by atoms with Gasteiger partial charge in [-0.25, -0.2) is 18.3 Å². The summed E-state index contributed by atoms with van der Waals surface area (Å²) in [6.45, 7) is 43.9. The van der Waals surface area contributed by atoms with Crippen LogP contribution in [0.25, 0.3) is 22.3 Å². The van der Waals surface area contributed by atoms with Gasteiger partial charge in [-0.3, -0.25) is 19.6 Å². The maximum Gasteiger partial charge on any atom is 0.585 e. The number of hydrogen-bond donors (Lipinski definition) is 4. The van der Waals surface area contributed by atoms with E-state index in [1.807, 2.05) is 125 Å². The van der Waals surface area contributed by atoms with E-state index in [-0.39, 0.29) is 54.1 Å². The summed E-state index contributed by atoms with van der Waals surface area (Å²) in [6, 6.07) is 52.6. The molecule has 12 aliphatic rings. The Labute approximate surface area is 728 Å². The fourth-order valence-electron chi connectivity index (χ4n) is 26.4. The summed E-state index contributed by atoms with van der Waals surface area (Å²) in [5.74, 6) is 4.53. The minimum atomic E-state index is -4.54. The van der Waals surface area contributed by atoms with E-state index in [0.717, 1.165) is 152 Å². The lowest BCUT2D eigenvalue weighted by Gasteiger charge is -2.35. The molecule has 0 saturated carbocycles. The van der Waals surface area contributed by atoms with E-state index in [9.17, 15) is 37.8 Å². The number of methoxy groups -OCH3 is 2. The van der Waals surface area contributed by atoms with Crippen molar-refractivity contribution < 1.29 is 83.5 Å². The summed E-state index contributed by atoms with van der Waals surface area (Å²) in [5.41, 5.74) is 22.7. The molecular formula is C102H112O18P4. The molecule has 4 spiro atoms. The van der Waals surface area contributed by atoms with Crippen LogP contribution in [0.5, 0.6) is 57.5 Å². The highest BCUT2D eigenvalue weighted by molar-refractivity contribution is 7.49. The Morgan fingerprint density at radius 1 is 0.266 bits per heavy atom. The predicted octanol–water partition coefficient (Wildman–Crippen LogP) is 25.4. The molecule has 4 heterocycles. The molecule has 0 unspecified atom stereocenters. The van der Waals surface area contributed by atoms with E-state index in [1.54, 1.807) is 26.4 Å². The van der Waals surface area contributed by atoms with Crippen LogP contribution in [0.1, 0.15) is 273 Å². The summed E-state index contributed by atoms with van der Waals surface area (Å²) < 4.78 is 111. The molecule has 8 aliphatic carbocycles. The zero-order valence-corrected chi connectivity index (χ0v) is 78.5. The average Bonchev–Trinajstić information content (AvgIpc) is 1.52. The number of ether oxygens (including phenoxy) is 2. The third-order valence-electron chi connectivity index (χ3n) is 29.6. The van der Waals surface area contributed by atoms with Gasteiger partial charge in [-0.15, -0.1) is 0 Å². The quantitative estimate of drug-likeness (QED) is 0.120. The number of phosphoric ester groups is 4. The smallest absolute Gasteiger partial charge is 0.493 e. The fraction of sp³-hybridized carbons (Fsp3) is 0.412. The third-order valence-corrected chi connectivity index (χ3v) is 32.9. The standard InChI is InChI=1S/C33H31O4P.C25H31O6P.C23H27O4P.C21H23O4P/c1-31(2)19-33-20-32(3,4)26-18-16-24(22-13-9-6-10-14-22)30(28(26)33)37-38(34,35)36-29-23(15-17-25(31)27(29)33)21-11-7-5-8-12-21;1-13-9-15-17-21(19(13)28-7)30-32(26,27)31-22-18-16(10-14(2)20(22)29-8)24(5,6)12-25(17,18)11-23(15,3)4;1-13-7-15-19-17(9-13)26-28(24,25)27-18-10-14(2)8-16-20(18)23(19,11-21(15,3)4)12-22(16,5)6;1-19(2)11-21-12-20(3,4)14-8-6-10-16(18(14)21)25-26(22,23)24-15-9-5-7-13(19)17(15)21/h5-18H,19-20H2,1-4H3,(H,34,35);9-10H,11-12H2,1-8H3,(H,26,27);7-10H,11-12H2,1-6H3,(H,24,25);5-10H,11-12H2,1-4H3,(H,22,23). The first kappa shape index (κ1) is 84.5. The highest BCUT2D eigenvalue weighted by atomic mass is 31.2. The average molecular weight is 1750 g/mol. The van der Waals surface area contributed by atoms with Gasteiger partial charge in [0.05, 0.1) is 14.2 Å². The third kappa shape index (κ3) is 12.5. The monoisotopic (exact) mass is 1750 g/mol. The molecular weight excluding hydrogens is 1640 g/mol. The Kier molecular flexibility index (Phi) is 18.2. The largest absolute Gasteiger partial charge is 0.585 e. The van der Waals surface area contributed by atoms with Gasteiger partial charge >= 0.3 is 31.3 Å². The molecule has 124 heavy (non-hydrogen) atoms. The van der Waals surface area contributed by atoms with Crippen molar-refractivity contribution in [1.82, 2.24) is 0 Å². The van der Waals surface area contributed by atoms with Crippen LogP contribution < -0.4 is 45.7 Å². The number of benzene rings is 10. The van der Waals surface area contributed by atoms with Gasteiger partial charge in [0.2, 0.25) is 0 Å². The second-order valence-electron chi connectivity index (χ2n) is 42.6. The van der Waals surface area contributed by atoms with Crippen molar-refractivity contribution in [3.63, 3.8) is 0 Å². The molecule has 0 fully saturated rings. The van der Waals surface area contributed by atoms with Gasteiger partial charge in [-0.2, -0.15) is 0 Å². The van der Waals surface area contributed by atoms with Gasteiger partial charge in [0.25, 0.3) is 0 Å². The molecule has 0 amide bonds. The maximum absolute atomic E-state index is 13.8. The van der Waals surface area contributed by atoms with Crippen LogP contribution in [0, 0.1) is 27.7 Å². The van der Waals surface area contributed by atoms with E-state index in [0.29, 0.717) is 57.5 Å². The Morgan fingerprint density at radius 2 is 0.516 bits per heavy atom. The lowest BCUT2D eigenvalue weighted by atomic mass is 9.71. The lowest BCUT2D eigenvalue weighted by Crippen LogP contribution is -2.29. The molecule has 0 saturated heterocycles. The van der Waals surface area contributed by atoms with Crippen molar-refractivity contribution in [2.24, 2.45) is 0 Å². The van der Waals surface area contributed by atoms with E-state index >= 15 is 0 Å². The number of aryl methyl sites for hydroxylation is 4. The van der Waals surface area contributed by atoms with E-state index in [4.69, 9.17) is 45.7 Å². The molecule has 648 valence electrons. The van der Waals surface area contributed by atoms with Gasteiger partial charge < -0.3 is 45.7 Å². The van der Waals surface area contributed by atoms with Crippen molar-refractivity contribution in [2.75, 3.05) is 14.2 Å². The summed E-state index contributed by atoms with van der Waals surface area (Å²) in [7, 11) is -14.5. The first-order chi connectivity index (χ1) is 57.7. The summed E-state index contributed by atoms with van der Waals surface area (Å²) in [4.78, 5) is 43.0. The molecule has 18 nitrogen and oxygen atoms in total. The second-order valence-corrected chi connectivity index (χ2v) is 47.8. The van der Waals surface area contributed by atoms with Crippen molar-refractivity contribution in [1.29, 1.82) is 0 Å². The Morgan fingerprint density at radius 3 is 0.831 bits per heavy atom. The van der Waals surface area contributed by atoms with Crippen molar-refractivity contribution in [2.45, 2.75) is 255 Å². The Hall–Kier alpha value is -9.04. The fourth-order valence-corrected chi connectivity index (χ4v) is 29.8. The zero-order valence-electron chi connectivity index (χ0n) is 75.0. The van der Waals surface area contributed by atoms with Crippen LogP contribution in [-0.2, 0) is 83.2 Å². The highest BCUT2D eigenvalue weighted by Crippen LogP contribution is 2.77. The molecule has 0 aromatic heterocycles. The lowest BCUT2D eigenvalue weighted by molar-refractivity contribution is 0.261. The molecule has 22 heteroatoms. The van der Waals surface area contributed by atoms with Crippen LogP contribution in [-0.4, -0.2) is 33.8 Å². The number of phosphoric acid groups is 4. The van der Waals surface area contributed by atoms with Gasteiger partial charge in [0.15, 0.2) is 23.0 Å². The summed E-state index contributed by atoms with van der Waals surface area (Å²) in [5, 5.41) is 0. The van der Waals surface area contributed by atoms with Crippen LogP contribution in [0.15, 0.2) is 158 Å². The van der Waals surface area contributed by atoms with Crippen LogP contribution >= 0.6 is 31.3 Å². The van der Waals surface area contributed by atoms with E-state index in [1.165, 1.54) is 33.4 Å². The minimum Gasteiger partial charge on any atom is -0.493 e. The maximum atomic E-state index is 13.8. The first-order valence-corrected chi connectivity index (χ1v) is 49.1. The van der Waals surface area contributed by atoms with Crippen molar-refractivity contribution in [3.05, 3.63) is 269 Å². The Bertz CT molecular complexity index is 6150. The zero-order chi connectivity index (χ0) is 88.7. The number of hydrogen-bond acceptors (Lipinski definition) is 14. The highest BCUT2D eigenvalue weighted by Gasteiger charge is 2.67. The predicted molar refractivity (Wildman–Crippen MR) is 483 cm³/mol. The van der Waals surface area contributed by atoms with Gasteiger partial charge in [-0.1, -0.05) is 244 Å². The molecule has 0 radical (unpaired) electrons. The van der Waals surface area contributed by atoms with Crippen LogP contribution in [0.2, 0.25) is 0 Å². The molecule has 4 N–H and O–H groups in total. The first-order valence-electron chi connectivity index (χ1n) is 43.1.